The van der Waals surface area contributed by atoms with Gasteiger partial charge in [0.05, 0.1) is 13.2 Å². The Kier molecular flexibility index (Phi) is 20.3. The number of aliphatic hydroxyl groups is 1. The fraction of sp³-hybridized carbons (Fsp3) is 1.00. The Morgan fingerprint density at radius 2 is 1.67 bits per heavy atom. The summed E-state index contributed by atoms with van der Waals surface area (Å²) in [5, 5.41) is 7.94. The molecule has 9 heavy (non-hydrogen) atoms. The summed E-state index contributed by atoms with van der Waals surface area (Å²) in [5.41, 5.74) is 0. The van der Waals surface area contributed by atoms with Crippen molar-refractivity contribution in [2.24, 2.45) is 0 Å². The third-order valence-electron chi connectivity index (χ3n) is 0.795. The highest BCUT2D eigenvalue weighted by Gasteiger charge is 1.67. The van der Waals surface area contributed by atoms with Gasteiger partial charge < -0.3 is 9.84 Å². The van der Waals surface area contributed by atoms with Crippen LogP contribution in [0.25, 0.3) is 0 Å². The molecule has 0 fully saturated rings. The minimum Gasteiger partial charge on any atom is -0.394 e. The molecule has 58 valence electrons. The van der Waals surface area contributed by atoms with Gasteiger partial charge in [-0.25, -0.2) is 0 Å². The van der Waals surface area contributed by atoms with E-state index < -0.39 is 0 Å². The number of aliphatic hydroxyl groups excluding tert-OH is 1. The molecule has 0 bridgehead atoms. The van der Waals surface area contributed by atoms with Crippen molar-refractivity contribution in [1.29, 1.82) is 0 Å². The zero-order valence-corrected chi connectivity index (χ0v) is 6.68. The summed E-state index contributed by atoms with van der Waals surface area (Å²) in [6.45, 7) is 4.93. The molecular weight excluding hydrogens is 116 g/mol. The van der Waals surface area contributed by atoms with Crippen LogP contribution in [0.2, 0.25) is 0 Å². The summed E-state index contributed by atoms with van der Waals surface area (Å²) in [5.74, 6) is 0. The van der Waals surface area contributed by atoms with E-state index in [9.17, 15) is 0 Å². The van der Waals surface area contributed by atoms with E-state index in [0.717, 1.165) is 0 Å². The summed E-state index contributed by atoms with van der Waals surface area (Å²) in [4.78, 5) is 0. The van der Waals surface area contributed by atoms with Gasteiger partial charge in [-0.05, 0) is 0 Å². The average molecular weight is 134 g/mol. The lowest BCUT2D eigenvalue weighted by Gasteiger charge is -1.84. The second-order valence-corrected chi connectivity index (χ2v) is 1.72. The molecule has 0 saturated heterocycles. The number of unbranched alkanes of at least 4 members (excludes halogenated alkanes) is 1. The van der Waals surface area contributed by atoms with Crippen molar-refractivity contribution in [3.05, 3.63) is 0 Å². The van der Waals surface area contributed by atoms with E-state index >= 15 is 0 Å². The topological polar surface area (TPSA) is 29.5 Å². The maximum atomic E-state index is 7.94. The standard InChI is InChI=1S/C4H10.C3H8O2/c1-3-4-2;1-5-3-2-4/h3-4H2,1-2H3;4H,2-3H2,1H3. The molecule has 0 heterocycles. The first kappa shape index (κ1) is 11.7. The Hall–Kier alpha value is -0.0800. The van der Waals surface area contributed by atoms with Gasteiger partial charge in [-0.3, -0.25) is 0 Å². The molecule has 0 atom stereocenters. The molecule has 0 aliphatic carbocycles. The Labute approximate surface area is 57.8 Å². The number of rotatable bonds is 3. The molecule has 0 aromatic rings. The van der Waals surface area contributed by atoms with Crippen molar-refractivity contribution in [3.8, 4) is 0 Å². The van der Waals surface area contributed by atoms with Crippen LogP contribution in [0.15, 0.2) is 0 Å². The fourth-order valence-corrected chi connectivity index (χ4v) is 0.0913. The van der Waals surface area contributed by atoms with E-state index in [0.29, 0.717) is 6.61 Å². The highest BCUT2D eigenvalue weighted by atomic mass is 16.5. The number of hydrogen-bond acceptors (Lipinski definition) is 2. The van der Waals surface area contributed by atoms with Gasteiger partial charge in [0.1, 0.15) is 0 Å². The molecule has 0 aromatic carbocycles. The van der Waals surface area contributed by atoms with Crippen molar-refractivity contribution in [1.82, 2.24) is 0 Å². The van der Waals surface area contributed by atoms with Crippen LogP contribution in [0.5, 0.6) is 0 Å². The molecule has 0 rings (SSSR count). The third-order valence-corrected chi connectivity index (χ3v) is 0.795. The normalized spacial score (nSPS) is 8.00. The summed E-state index contributed by atoms with van der Waals surface area (Å²) < 4.78 is 4.44. The Morgan fingerprint density at radius 3 is 1.67 bits per heavy atom. The zero-order valence-electron chi connectivity index (χ0n) is 6.68. The molecule has 0 spiro atoms. The molecule has 0 aliphatic heterocycles. The van der Waals surface area contributed by atoms with Gasteiger partial charge in [-0.2, -0.15) is 0 Å². The maximum Gasteiger partial charge on any atom is 0.0693 e. The first-order valence-corrected chi connectivity index (χ1v) is 3.43. The van der Waals surface area contributed by atoms with E-state index in [4.69, 9.17) is 5.11 Å². The molecule has 0 aliphatic rings. The summed E-state index contributed by atoms with van der Waals surface area (Å²) >= 11 is 0. The Morgan fingerprint density at radius 1 is 1.22 bits per heavy atom. The minimum atomic E-state index is 0.122. The van der Waals surface area contributed by atoms with Crippen molar-refractivity contribution < 1.29 is 9.84 Å². The smallest absolute Gasteiger partial charge is 0.0693 e. The van der Waals surface area contributed by atoms with Gasteiger partial charge in [-0.15, -0.1) is 0 Å². The number of hydrogen-bond donors (Lipinski definition) is 1. The van der Waals surface area contributed by atoms with Gasteiger partial charge in [0, 0.05) is 7.11 Å². The molecule has 0 aromatic heterocycles. The molecule has 0 amide bonds. The molecular formula is C7H18O2. The highest BCUT2D eigenvalue weighted by Crippen LogP contribution is 1.76. The second kappa shape index (κ2) is 15.7. The maximum absolute atomic E-state index is 7.94. The van der Waals surface area contributed by atoms with Crippen molar-refractivity contribution in [3.63, 3.8) is 0 Å². The number of ether oxygens (including phenoxy) is 1. The summed E-state index contributed by atoms with van der Waals surface area (Å²) in [7, 11) is 1.55. The molecule has 2 heteroatoms. The van der Waals surface area contributed by atoms with Gasteiger partial charge in [0.2, 0.25) is 0 Å². The first-order valence-electron chi connectivity index (χ1n) is 3.43. The van der Waals surface area contributed by atoms with E-state index in [1.54, 1.807) is 7.11 Å². The van der Waals surface area contributed by atoms with E-state index in [2.05, 4.69) is 18.6 Å². The fourth-order valence-electron chi connectivity index (χ4n) is 0.0913. The predicted octanol–water partition coefficient (Wildman–Crippen LogP) is 1.43. The van der Waals surface area contributed by atoms with Crippen LogP contribution in [0.1, 0.15) is 26.7 Å². The third kappa shape index (κ3) is 32.6. The molecule has 0 unspecified atom stereocenters. The monoisotopic (exact) mass is 134 g/mol. The van der Waals surface area contributed by atoms with Crippen LogP contribution in [0, 0.1) is 0 Å². The molecule has 1 N–H and O–H groups in total. The van der Waals surface area contributed by atoms with Gasteiger partial charge in [-0.1, -0.05) is 26.7 Å². The second-order valence-electron chi connectivity index (χ2n) is 1.72. The van der Waals surface area contributed by atoms with Crippen molar-refractivity contribution in [2.45, 2.75) is 26.7 Å². The van der Waals surface area contributed by atoms with Crippen LogP contribution >= 0.6 is 0 Å². The van der Waals surface area contributed by atoms with Crippen LogP contribution in [-0.4, -0.2) is 25.4 Å². The largest absolute Gasteiger partial charge is 0.394 e. The van der Waals surface area contributed by atoms with Crippen LogP contribution in [-0.2, 0) is 4.74 Å². The first-order chi connectivity index (χ1) is 4.33. The zero-order chi connectivity index (χ0) is 7.54. The Balaban J connectivity index is 0. The predicted molar refractivity (Wildman–Crippen MR) is 39.5 cm³/mol. The molecule has 0 radical (unpaired) electrons. The summed E-state index contributed by atoms with van der Waals surface area (Å²) in [6.07, 6.45) is 2.64. The van der Waals surface area contributed by atoms with Crippen LogP contribution < -0.4 is 0 Å². The van der Waals surface area contributed by atoms with Crippen molar-refractivity contribution in [2.75, 3.05) is 20.3 Å². The van der Waals surface area contributed by atoms with E-state index in [1.807, 2.05) is 0 Å². The van der Waals surface area contributed by atoms with Crippen LogP contribution in [0.4, 0.5) is 0 Å². The van der Waals surface area contributed by atoms with Crippen molar-refractivity contribution >= 4 is 0 Å². The minimum absolute atomic E-state index is 0.122. The van der Waals surface area contributed by atoms with Gasteiger partial charge in [0.15, 0.2) is 0 Å². The van der Waals surface area contributed by atoms with Gasteiger partial charge >= 0.3 is 0 Å². The van der Waals surface area contributed by atoms with E-state index in [1.165, 1.54) is 12.8 Å². The Bertz CT molecular complexity index is 26.1. The van der Waals surface area contributed by atoms with Crippen LogP contribution in [0.3, 0.4) is 0 Å². The van der Waals surface area contributed by atoms with Gasteiger partial charge in [0.25, 0.3) is 0 Å². The molecule has 0 saturated carbocycles. The lowest BCUT2D eigenvalue weighted by molar-refractivity contribution is 0.135. The molecule has 2 nitrogen and oxygen atoms in total. The lowest BCUT2D eigenvalue weighted by Crippen LogP contribution is -1.91. The lowest BCUT2D eigenvalue weighted by atomic mass is 10.4. The highest BCUT2D eigenvalue weighted by molar-refractivity contribution is 4.13. The van der Waals surface area contributed by atoms with E-state index in [-0.39, 0.29) is 6.61 Å². The quantitative estimate of drug-likeness (QED) is 0.632. The average Bonchev–Trinajstić information content (AvgIpc) is 1.91. The number of methoxy groups -OCH3 is 1. The SMILES string of the molecule is CCCC.COCCO. The summed E-state index contributed by atoms with van der Waals surface area (Å²) in [6, 6.07) is 0.